The zero-order valence-electron chi connectivity index (χ0n) is 14.4. The lowest BCUT2D eigenvalue weighted by Crippen LogP contribution is -2.48. The Balaban J connectivity index is 1.68. The van der Waals surface area contributed by atoms with E-state index in [9.17, 15) is 13.5 Å². The van der Waals surface area contributed by atoms with Crippen molar-refractivity contribution in [3.8, 4) is 5.75 Å². The first-order valence-corrected chi connectivity index (χ1v) is 10.5. The molecule has 2 heterocycles. The maximum atomic E-state index is 12.9. The van der Waals surface area contributed by atoms with Crippen molar-refractivity contribution in [3.05, 3.63) is 23.2 Å². The molecule has 25 heavy (non-hydrogen) atoms. The molecule has 0 bridgehead atoms. The average molecular weight is 389 g/mol. The largest absolute Gasteiger partial charge is 0.495 e. The highest BCUT2D eigenvalue weighted by molar-refractivity contribution is 7.89. The van der Waals surface area contributed by atoms with Gasteiger partial charge < -0.3 is 9.84 Å². The lowest BCUT2D eigenvalue weighted by Gasteiger charge is -2.38. The summed E-state index contributed by atoms with van der Waals surface area (Å²) >= 11 is 6.08. The predicted molar refractivity (Wildman–Crippen MR) is 96.6 cm³/mol. The van der Waals surface area contributed by atoms with Crippen molar-refractivity contribution in [2.45, 2.75) is 42.7 Å². The maximum absolute atomic E-state index is 12.9. The molecule has 0 unspecified atom stereocenters. The van der Waals surface area contributed by atoms with Gasteiger partial charge in [0, 0.05) is 25.2 Å². The Morgan fingerprint density at radius 3 is 2.56 bits per heavy atom. The molecule has 3 rings (SSSR count). The van der Waals surface area contributed by atoms with Crippen LogP contribution in [-0.2, 0) is 10.0 Å². The van der Waals surface area contributed by atoms with Crippen molar-refractivity contribution >= 4 is 21.6 Å². The number of piperidine rings is 1. The number of rotatable bonds is 5. The van der Waals surface area contributed by atoms with Crippen molar-refractivity contribution in [1.82, 2.24) is 9.21 Å². The van der Waals surface area contributed by atoms with E-state index in [2.05, 4.69) is 4.90 Å². The number of aliphatic hydroxyl groups excluding tert-OH is 1. The van der Waals surface area contributed by atoms with Gasteiger partial charge in [-0.2, -0.15) is 4.31 Å². The molecule has 8 heteroatoms. The van der Waals surface area contributed by atoms with Gasteiger partial charge in [-0.1, -0.05) is 11.6 Å². The van der Waals surface area contributed by atoms with E-state index in [0.717, 1.165) is 32.2 Å². The van der Waals surface area contributed by atoms with Gasteiger partial charge in [0.2, 0.25) is 10.0 Å². The first kappa shape index (κ1) is 18.9. The summed E-state index contributed by atoms with van der Waals surface area (Å²) in [5, 5.41) is 9.79. The SMILES string of the molecule is COc1ccc(S(=O)(=O)N2CCC(N3CCC[C@H]3CO)CC2)cc1Cl. The second kappa shape index (κ2) is 7.80. The van der Waals surface area contributed by atoms with Crippen molar-refractivity contribution in [3.63, 3.8) is 0 Å². The minimum absolute atomic E-state index is 0.183. The van der Waals surface area contributed by atoms with Gasteiger partial charge in [0.05, 0.1) is 23.6 Å². The summed E-state index contributed by atoms with van der Waals surface area (Å²) in [6, 6.07) is 5.15. The molecular weight excluding hydrogens is 364 g/mol. The van der Waals surface area contributed by atoms with Gasteiger partial charge in [-0.05, 0) is 50.4 Å². The van der Waals surface area contributed by atoms with E-state index < -0.39 is 10.0 Å². The van der Waals surface area contributed by atoms with Crippen LogP contribution >= 0.6 is 11.6 Å². The quantitative estimate of drug-likeness (QED) is 0.834. The normalized spacial score (nSPS) is 23.9. The number of sulfonamides is 1. The van der Waals surface area contributed by atoms with Gasteiger partial charge in [-0.15, -0.1) is 0 Å². The molecule has 0 saturated carbocycles. The zero-order chi connectivity index (χ0) is 18.0. The van der Waals surface area contributed by atoms with Crippen LogP contribution in [-0.4, -0.2) is 68.2 Å². The van der Waals surface area contributed by atoms with Gasteiger partial charge in [0.1, 0.15) is 5.75 Å². The molecule has 0 aliphatic carbocycles. The third-order valence-electron chi connectivity index (χ3n) is 5.29. The number of hydrogen-bond donors (Lipinski definition) is 1. The van der Waals surface area contributed by atoms with E-state index in [1.54, 1.807) is 6.07 Å². The van der Waals surface area contributed by atoms with Crippen LogP contribution in [0.5, 0.6) is 5.75 Å². The lowest BCUT2D eigenvalue weighted by molar-refractivity contribution is 0.0899. The lowest BCUT2D eigenvalue weighted by atomic mass is 10.0. The van der Waals surface area contributed by atoms with Crippen LogP contribution in [0.2, 0.25) is 5.02 Å². The molecule has 0 aromatic heterocycles. The number of halogens is 1. The summed E-state index contributed by atoms with van der Waals surface area (Å²) in [6.45, 7) is 2.16. The van der Waals surface area contributed by atoms with E-state index in [-0.39, 0.29) is 17.5 Å². The Morgan fingerprint density at radius 2 is 1.96 bits per heavy atom. The summed E-state index contributed by atoms with van der Waals surface area (Å²) in [6.07, 6.45) is 3.71. The van der Waals surface area contributed by atoms with Crippen LogP contribution in [0.3, 0.4) is 0 Å². The Kier molecular flexibility index (Phi) is 5.90. The molecule has 2 fully saturated rings. The number of aliphatic hydroxyl groups is 1. The fraction of sp³-hybridized carbons (Fsp3) is 0.647. The number of methoxy groups -OCH3 is 1. The van der Waals surface area contributed by atoms with Crippen molar-refractivity contribution in [1.29, 1.82) is 0 Å². The van der Waals surface area contributed by atoms with E-state index >= 15 is 0 Å². The van der Waals surface area contributed by atoms with Crippen molar-refractivity contribution in [2.75, 3.05) is 33.4 Å². The Hall–Kier alpha value is -0.860. The average Bonchev–Trinajstić information content (AvgIpc) is 3.10. The fourth-order valence-electron chi connectivity index (χ4n) is 3.91. The summed E-state index contributed by atoms with van der Waals surface area (Å²) in [7, 11) is -2.05. The highest BCUT2D eigenvalue weighted by Crippen LogP contribution is 2.31. The standard InChI is InChI=1S/C17H25ClN2O4S/c1-24-17-5-4-15(11-16(17)18)25(22,23)19-9-6-13(7-10-19)20-8-2-3-14(20)12-21/h4-5,11,13-14,21H,2-3,6-10,12H2,1H3/t14-/m0/s1. The Bertz CT molecular complexity index is 705. The van der Waals surface area contributed by atoms with Gasteiger partial charge in [0.25, 0.3) is 0 Å². The third kappa shape index (κ3) is 3.80. The summed E-state index contributed by atoms with van der Waals surface area (Å²) in [4.78, 5) is 2.56. The van der Waals surface area contributed by atoms with Gasteiger partial charge in [-0.3, -0.25) is 4.90 Å². The molecule has 1 atom stereocenters. The van der Waals surface area contributed by atoms with Crippen LogP contribution in [0.25, 0.3) is 0 Å². The van der Waals surface area contributed by atoms with Crippen LogP contribution in [0.15, 0.2) is 23.1 Å². The Labute approximate surface area is 154 Å². The fourth-order valence-corrected chi connectivity index (χ4v) is 5.72. The van der Waals surface area contributed by atoms with Crippen LogP contribution < -0.4 is 4.74 Å². The molecule has 6 nitrogen and oxygen atoms in total. The van der Waals surface area contributed by atoms with Gasteiger partial charge in [0.15, 0.2) is 0 Å². The van der Waals surface area contributed by atoms with Crippen molar-refractivity contribution in [2.24, 2.45) is 0 Å². The molecule has 2 aliphatic rings. The molecule has 0 radical (unpaired) electrons. The topological polar surface area (TPSA) is 70.1 Å². The van der Waals surface area contributed by atoms with E-state index in [1.165, 1.54) is 23.5 Å². The molecule has 140 valence electrons. The summed E-state index contributed by atoms with van der Waals surface area (Å²) in [5.74, 6) is 0.461. The zero-order valence-corrected chi connectivity index (χ0v) is 16.0. The second-order valence-electron chi connectivity index (χ2n) is 6.65. The minimum Gasteiger partial charge on any atom is -0.495 e. The van der Waals surface area contributed by atoms with E-state index in [1.807, 2.05) is 0 Å². The Morgan fingerprint density at radius 1 is 1.24 bits per heavy atom. The number of benzene rings is 1. The van der Waals surface area contributed by atoms with Crippen LogP contribution in [0.4, 0.5) is 0 Å². The van der Waals surface area contributed by atoms with E-state index in [0.29, 0.717) is 29.9 Å². The first-order chi connectivity index (χ1) is 12.0. The number of likely N-dealkylation sites (tertiary alicyclic amines) is 1. The van der Waals surface area contributed by atoms with Gasteiger partial charge in [-0.25, -0.2) is 8.42 Å². The number of hydrogen-bond acceptors (Lipinski definition) is 5. The molecule has 0 spiro atoms. The highest BCUT2D eigenvalue weighted by atomic mass is 35.5. The molecule has 1 aromatic carbocycles. The predicted octanol–water partition coefficient (Wildman–Crippen LogP) is 1.96. The van der Waals surface area contributed by atoms with E-state index in [4.69, 9.17) is 16.3 Å². The van der Waals surface area contributed by atoms with Crippen molar-refractivity contribution < 1.29 is 18.3 Å². The number of nitrogens with zero attached hydrogens (tertiary/aromatic N) is 2. The molecule has 2 saturated heterocycles. The summed E-state index contributed by atoms with van der Waals surface area (Å²) in [5.41, 5.74) is 0. The monoisotopic (exact) mass is 388 g/mol. The molecule has 1 aromatic rings. The third-order valence-corrected chi connectivity index (χ3v) is 7.48. The second-order valence-corrected chi connectivity index (χ2v) is 8.99. The molecular formula is C17H25ClN2O4S. The van der Waals surface area contributed by atoms with Crippen LogP contribution in [0.1, 0.15) is 25.7 Å². The number of ether oxygens (including phenoxy) is 1. The molecule has 2 aliphatic heterocycles. The summed E-state index contributed by atoms with van der Waals surface area (Å²) < 4.78 is 32.3. The van der Waals surface area contributed by atoms with Gasteiger partial charge >= 0.3 is 0 Å². The highest BCUT2D eigenvalue weighted by Gasteiger charge is 2.35. The maximum Gasteiger partial charge on any atom is 0.243 e. The smallest absolute Gasteiger partial charge is 0.243 e. The van der Waals surface area contributed by atoms with Crippen LogP contribution in [0, 0.1) is 0 Å². The first-order valence-electron chi connectivity index (χ1n) is 8.67. The molecule has 0 amide bonds. The molecule has 1 N–H and O–H groups in total. The minimum atomic E-state index is -3.55.